The van der Waals surface area contributed by atoms with E-state index in [9.17, 15) is 13.2 Å². The minimum Gasteiger partial charge on any atom is -0.320 e. The van der Waals surface area contributed by atoms with Gasteiger partial charge in [-0.2, -0.15) is 8.42 Å². The lowest BCUT2D eigenvalue weighted by molar-refractivity contribution is -0.127. The van der Waals surface area contributed by atoms with Gasteiger partial charge in [-0.1, -0.05) is 69.4 Å². The highest BCUT2D eigenvalue weighted by Gasteiger charge is 2.20. The molecule has 0 bridgehead atoms. The molecule has 1 rings (SSSR count). The minimum atomic E-state index is -4.83. The third-order valence-corrected chi connectivity index (χ3v) is 4.10. The van der Waals surface area contributed by atoms with Crippen molar-refractivity contribution in [3.05, 3.63) is 41.5 Å². The Morgan fingerprint density at radius 3 is 2.38 bits per heavy atom. The normalized spacial score (nSPS) is 12.2. The number of aryl methyl sites for hydroxylation is 1. The number of carbonyl (C=O) groups is 1. The SMILES string of the molecule is CCCCCCCC/C=C(/C(=O)OS(=O)(=O)O)c1ccccc1C. The first kappa shape index (κ1) is 20.4. The zero-order chi connectivity index (χ0) is 18.0. The predicted molar refractivity (Wildman–Crippen MR) is 94.8 cm³/mol. The molecule has 134 valence electrons. The molecule has 0 aliphatic carbocycles. The van der Waals surface area contributed by atoms with E-state index in [2.05, 4.69) is 11.1 Å². The van der Waals surface area contributed by atoms with Crippen LogP contribution in [-0.2, 0) is 19.4 Å². The van der Waals surface area contributed by atoms with Gasteiger partial charge in [0, 0.05) is 0 Å². The molecule has 0 fully saturated rings. The van der Waals surface area contributed by atoms with Gasteiger partial charge >= 0.3 is 16.4 Å². The van der Waals surface area contributed by atoms with Crippen molar-refractivity contribution >= 4 is 21.9 Å². The molecular weight excluding hydrogens is 328 g/mol. The van der Waals surface area contributed by atoms with Crippen LogP contribution in [-0.4, -0.2) is 18.9 Å². The van der Waals surface area contributed by atoms with Gasteiger partial charge in [-0.25, -0.2) is 4.79 Å². The second kappa shape index (κ2) is 10.3. The van der Waals surface area contributed by atoms with Crippen molar-refractivity contribution < 1.29 is 21.9 Å². The molecule has 0 saturated carbocycles. The van der Waals surface area contributed by atoms with Crippen molar-refractivity contribution in [3.8, 4) is 0 Å². The molecule has 0 saturated heterocycles. The number of carbonyl (C=O) groups excluding carboxylic acids is 1. The smallest absolute Gasteiger partial charge is 0.320 e. The second-order valence-electron chi connectivity index (χ2n) is 5.79. The topological polar surface area (TPSA) is 80.7 Å². The molecule has 0 atom stereocenters. The van der Waals surface area contributed by atoms with Crippen LogP contribution in [0.1, 0.15) is 63.0 Å². The van der Waals surface area contributed by atoms with Crippen LogP contribution in [0.5, 0.6) is 0 Å². The van der Waals surface area contributed by atoms with Crippen LogP contribution in [0, 0.1) is 6.92 Å². The number of allylic oxidation sites excluding steroid dienone is 1. The maximum atomic E-state index is 12.1. The number of benzene rings is 1. The Kier molecular flexibility index (Phi) is 8.71. The summed E-state index contributed by atoms with van der Waals surface area (Å²) in [5, 5.41) is 0. The van der Waals surface area contributed by atoms with Crippen LogP contribution in [0.3, 0.4) is 0 Å². The Bertz CT molecular complexity index is 662. The Morgan fingerprint density at radius 2 is 1.75 bits per heavy atom. The molecule has 1 N–H and O–H groups in total. The summed E-state index contributed by atoms with van der Waals surface area (Å²) in [4.78, 5) is 12.1. The second-order valence-corrected chi connectivity index (χ2v) is 6.81. The summed E-state index contributed by atoms with van der Waals surface area (Å²) >= 11 is 0. The van der Waals surface area contributed by atoms with Crippen LogP contribution in [0.2, 0.25) is 0 Å². The van der Waals surface area contributed by atoms with E-state index in [-0.39, 0.29) is 5.57 Å². The summed E-state index contributed by atoms with van der Waals surface area (Å²) in [5.74, 6) is -1.06. The highest BCUT2D eigenvalue weighted by atomic mass is 32.3. The van der Waals surface area contributed by atoms with Crippen LogP contribution in [0.15, 0.2) is 30.3 Å². The van der Waals surface area contributed by atoms with Crippen molar-refractivity contribution in [2.45, 2.75) is 58.8 Å². The third kappa shape index (κ3) is 7.75. The highest BCUT2D eigenvalue weighted by Crippen LogP contribution is 2.22. The number of rotatable bonds is 10. The average molecular weight is 354 g/mol. The van der Waals surface area contributed by atoms with Crippen molar-refractivity contribution in [2.24, 2.45) is 0 Å². The van der Waals surface area contributed by atoms with Gasteiger partial charge in [-0.15, -0.1) is 0 Å². The summed E-state index contributed by atoms with van der Waals surface area (Å²) in [6.45, 7) is 3.99. The van der Waals surface area contributed by atoms with Gasteiger partial charge < -0.3 is 4.18 Å². The van der Waals surface area contributed by atoms with Crippen LogP contribution in [0.25, 0.3) is 5.57 Å². The summed E-state index contributed by atoms with van der Waals surface area (Å²) in [6.07, 6.45) is 9.09. The van der Waals surface area contributed by atoms with E-state index in [1.54, 1.807) is 18.2 Å². The van der Waals surface area contributed by atoms with Crippen LogP contribution >= 0.6 is 0 Å². The molecule has 5 nitrogen and oxygen atoms in total. The fourth-order valence-electron chi connectivity index (χ4n) is 2.49. The molecular formula is C18H26O5S. The predicted octanol–water partition coefficient (Wildman–Crippen LogP) is 4.48. The maximum absolute atomic E-state index is 12.1. The Labute approximate surface area is 144 Å². The van der Waals surface area contributed by atoms with Crippen molar-refractivity contribution in [1.82, 2.24) is 0 Å². The van der Waals surface area contributed by atoms with E-state index in [0.29, 0.717) is 12.0 Å². The standard InChI is InChI=1S/C18H26O5S/c1-3-4-5-6-7-8-9-14-17(18(19)23-24(20,21)22)16-13-11-10-12-15(16)2/h10-14H,3-9H2,1-2H3,(H,20,21,22)/b17-14+. The lowest BCUT2D eigenvalue weighted by atomic mass is 9.99. The highest BCUT2D eigenvalue weighted by molar-refractivity contribution is 7.81. The van der Waals surface area contributed by atoms with E-state index in [4.69, 9.17) is 4.55 Å². The molecule has 0 unspecified atom stereocenters. The van der Waals surface area contributed by atoms with Crippen LogP contribution in [0.4, 0.5) is 0 Å². The zero-order valence-electron chi connectivity index (χ0n) is 14.3. The number of hydrogen-bond donors (Lipinski definition) is 1. The van der Waals surface area contributed by atoms with E-state index in [1.165, 1.54) is 19.3 Å². The van der Waals surface area contributed by atoms with Gasteiger partial charge in [0.1, 0.15) is 0 Å². The third-order valence-electron chi connectivity index (χ3n) is 3.74. The number of hydrogen-bond acceptors (Lipinski definition) is 4. The monoisotopic (exact) mass is 354 g/mol. The largest absolute Gasteiger partial charge is 0.449 e. The Balaban J connectivity index is 2.80. The van der Waals surface area contributed by atoms with E-state index in [0.717, 1.165) is 24.8 Å². The Morgan fingerprint density at radius 1 is 1.12 bits per heavy atom. The molecule has 0 aromatic heterocycles. The molecule has 0 aliphatic rings. The molecule has 0 aliphatic heterocycles. The molecule has 24 heavy (non-hydrogen) atoms. The summed E-state index contributed by atoms with van der Waals surface area (Å²) < 4.78 is 34.5. The van der Waals surface area contributed by atoms with Gasteiger partial charge in [0.15, 0.2) is 0 Å². The van der Waals surface area contributed by atoms with Crippen molar-refractivity contribution in [3.63, 3.8) is 0 Å². The van der Waals surface area contributed by atoms with E-state index < -0.39 is 16.4 Å². The molecule has 6 heteroatoms. The van der Waals surface area contributed by atoms with Gasteiger partial charge in [0.25, 0.3) is 0 Å². The lowest BCUT2D eigenvalue weighted by Gasteiger charge is -2.09. The summed E-state index contributed by atoms with van der Waals surface area (Å²) in [6, 6.07) is 7.16. The fourth-order valence-corrected chi connectivity index (χ4v) is 2.77. The molecule has 0 heterocycles. The molecule has 1 aromatic rings. The molecule has 0 amide bonds. The zero-order valence-corrected chi connectivity index (χ0v) is 15.1. The lowest BCUT2D eigenvalue weighted by Crippen LogP contribution is -2.14. The molecule has 0 radical (unpaired) electrons. The van der Waals surface area contributed by atoms with Gasteiger partial charge in [-0.3, -0.25) is 4.55 Å². The van der Waals surface area contributed by atoms with Crippen molar-refractivity contribution in [2.75, 3.05) is 0 Å². The van der Waals surface area contributed by atoms with E-state index in [1.807, 2.05) is 19.1 Å². The fraction of sp³-hybridized carbons (Fsp3) is 0.500. The Hall–Kier alpha value is -1.66. The minimum absolute atomic E-state index is 0.166. The maximum Gasteiger partial charge on any atom is 0.449 e. The summed E-state index contributed by atoms with van der Waals surface area (Å²) in [7, 11) is -4.83. The van der Waals surface area contributed by atoms with Gasteiger partial charge in [0.05, 0.1) is 5.57 Å². The van der Waals surface area contributed by atoms with E-state index >= 15 is 0 Å². The summed E-state index contributed by atoms with van der Waals surface area (Å²) in [5.41, 5.74) is 1.61. The number of unbranched alkanes of at least 4 members (excludes halogenated alkanes) is 6. The molecule has 0 spiro atoms. The average Bonchev–Trinajstić information content (AvgIpc) is 2.49. The first-order valence-electron chi connectivity index (χ1n) is 8.32. The molecule has 1 aromatic carbocycles. The van der Waals surface area contributed by atoms with Crippen LogP contribution < -0.4 is 0 Å². The first-order chi connectivity index (χ1) is 11.3. The van der Waals surface area contributed by atoms with Gasteiger partial charge in [0.2, 0.25) is 0 Å². The van der Waals surface area contributed by atoms with Gasteiger partial charge in [-0.05, 0) is 30.9 Å². The van der Waals surface area contributed by atoms with Crippen molar-refractivity contribution in [1.29, 1.82) is 0 Å². The quantitative estimate of drug-likeness (QED) is 0.381. The first-order valence-corrected chi connectivity index (χ1v) is 9.69.